The van der Waals surface area contributed by atoms with Gasteiger partial charge >= 0.3 is 5.69 Å². The van der Waals surface area contributed by atoms with Crippen LogP contribution in [0.4, 0.5) is 10.1 Å². The zero-order valence-corrected chi connectivity index (χ0v) is 12.0. The molecule has 0 saturated carbocycles. The summed E-state index contributed by atoms with van der Waals surface area (Å²) in [6, 6.07) is 8.24. The molecule has 1 N–H and O–H groups in total. The largest absolute Gasteiger partial charge is 0.345 e. The lowest BCUT2D eigenvalue weighted by Gasteiger charge is -2.16. The zero-order chi connectivity index (χ0) is 15.4. The van der Waals surface area contributed by atoms with Crippen molar-refractivity contribution in [2.75, 3.05) is 6.54 Å². The number of nitro benzene ring substituents is 1. The second-order valence-corrected chi connectivity index (χ2v) is 4.85. The topological polar surface area (TPSA) is 60.1 Å². The van der Waals surface area contributed by atoms with E-state index in [0.29, 0.717) is 5.56 Å². The summed E-state index contributed by atoms with van der Waals surface area (Å²) in [4.78, 5) is 10.1. The molecule has 1 atom stereocenters. The molecule has 0 spiro atoms. The predicted octanol–water partition coefficient (Wildman–Crippen LogP) is 3.25. The van der Waals surface area contributed by atoms with E-state index in [9.17, 15) is 14.5 Å². The van der Waals surface area contributed by atoms with Gasteiger partial charge in [0.1, 0.15) is 0 Å². The molecular formula is C15H18FN3O2. The maximum Gasteiger partial charge on any atom is 0.305 e. The van der Waals surface area contributed by atoms with Crippen molar-refractivity contribution >= 4 is 5.69 Å². The van der Waals surface area contributed by atoms with Crippen LogP contribution in [-0.4, -0.2) is 16.0 Å². The average Bonchev–Trinajstić information content (AvgIpc) is 2.89. The highest BCUT2D eigenvalue weighted by atomic mass is 19.1. The van der Waals surface area contributed by atoms with Gasteiger partial charge in [-0.05, 0) is 25.6 Å². The van der Waals surface area contributed by atoms with Gasteiger partial charge in [0.2, 0.25) is 5.82 Å². The summed E-state index contributed by atoms with van der Waals surface area (Å²) in [7, 11) is 0. The van der Waals surface area contributed by atoms with E-state index in [0.717, 1.165) is 12.2 Å². The molecule has 0 fully saturated rings. The highest BCUT2D eigenvalue weighted by molar-refractivity contribution is 5.37. The molecule has 0 bridgehead atoms. The molecule has 6 heteroatoms. The Balaban J connectivity index is 2.29. The minimum Gasteiger partial charge on any atom is -0.345 e. The molecule has 0 aliphatic carbocycles. The number of nitrogens with zero attached hydrogens (tertiary/aromatic N) is 2. The lowest BCUT2D eigenvalue weighted by Crippen LogP contribution is -2.21. The van der Waals surface area contributed by atoms with Crippen LogP contribution < -0.4 is 5.32 Å². The van der Waals surface area contributed by atoms with Crippen molar-refractivity contribution in [3.05, 3.63) is 63.7 Å². The first-order valence-corrected chi connectivity index (χ1v) is 6.84. The SMILES string of the molecule is CCNC(C)c1cccn1Cc1cccc([N+](=O)[O-])c1F. The number of hydrogen-bond acceptors (Lipinski definition) is 3. The molecule has 0 amide bonds. The quantitative estimate of drug-likeness (QED) is 0.656. The van der Waals surface area contributed by atoms with Gasteiger partial charge in [0.25, 0.3) is 0 Å². The van der Waals surface area contributed by atoms with Gasteiger partial charge in [0.15, 0.2) is 0 Å². The summed E-state index contributed by atoms with van der Waals surface area (Å²) in [5.41, 5.74) is 0.842. The Kier molecular flexibility index (Phi) is 4.70. The number of halogens is 1. The first kappa shape index (κ1) is 15.2. The third-order valence-electron chi connectivity index (χ3n) is 3.41. The Morgan fingerprint density at radius 3 is 2.81 bits per heavy atom. The van der Waals surface area contributed by atoms with Crippen LogP contribution in [0.5, 0.6) is 0 Å². The van der Waals surface area contributed by atoms with E-state index in [1.165, 1.54) is 12.1 Å². The standard InChI is InChI=1S/C15H18FN3O2/c1-3-17-11(2)13-8-5-9-18(13)10-12-6-4-7-14(15(12)16)19(20)21/h4-9,11,17H,3,10H2,1-2H3. The van der Waals surface area contributed by atoms with E-state index in [1.54, 1.807) is 6.07 Å². The molecular weight excluding hydrogens is 273 g/mol. The van der Waals surface area contributed by atoms with Crippen molar-refractivity contribution in [3.8, 4) is 0 Å². The van der Waals surface area contributed by atoms with Crippen LogP contribution in [0.3, 0.4) is 0 Å². The van der Waals surface area contributed by atoms with Crippen LogP contribution in [0.1, 0.15) is 31.1 Å². The van der Waals surface area contributed by atoms with Crippen LogP contribution in [0, 0.1) is 15.9 Å². The van der Waals surface area contributed by atoms with E-state index < -0.39 is 16.4 Å². The zero-order valence-electron chi connectivity index (χ0n) is 12.0. The average molecular weight is 291 g/mol. The highest BCUT2D eigenvalue weighted by Crippen LogP contribution is 2.22. The summed E-state index contributed by atoms with van der Waals surface area (Å²) in [6.07, 6.45) is 1.85. The predicted molar refractivity (Wildman–Crippen MR) is 78.7 cm³/mol. The minimum atomic E-state index is -0.766. The van der Waals surface area contributed by atoms with Gasteiger partial charge in [-0.15, -0.1) is 0 Å². The second-order valence-electron chi connectivity index (χ2n) is 4.85. The number of rotatable bonds is 6. The van der Waals surface area contributed by atoms with Crippen LogP contribution in [0.25, 0.3) is 0 Å². The third-order valence-corrected chi connectivity index (χ3v) is 3.41. The lowest BCUT2D eigenvalue weighted by atomic mass is 10.1. The van der Waals surface area contributed by atoms with Crippen LogP contribution >= 0.6 is 0 Å². The molecule has 0 saturated heterocycles. The molecule has 112 valence electrons. The third kappa shape index (κ3) is 3.28. The van der Waals surface area contributed by atoms with E-state index in [2.05, 4.69) is 5.32 Å². The number of aromatic nitrogens is 1. The van der Waals surface area contributed by atoms with Crippen LogP contribution in [0.15, 0.2) is 36.5 Å². The Morgan fingerprint density at radius 1 is 1.38 bits per heavy atom. The molecule has 0 aliphatic heterocycles. The first-order valence-electron chi connectivity index (χ1n) is 6.84. The van der Waals surface area contributed by atoms with Crippen molar-refractivity contribution < 1.29 is 9.31 Å². The molecule has 2 aromatic rings. The van der Waals surface area contributed by atoms with Gasteiger partial charge in [-0.3, -0.25) is 10.1 Å². The van der Waals surface area contributed by atoms with Crippen LogP contribution in [0.2, 0.25) is 0 Å². The fourth-order valence-electron chi connectivity index (χ4n) is 2.39. The minimum absolute atomic E-state index is 0.131. The monoisotopic (exact) mass is 291 g/mol. The molecule has 0 aliphatic rings. The van der Waals surface area contributed by atoms with Crippen LogP contribution in [-0.2, 0) is 6.54 Å². The molecule has 5 nitrogen and oxygen atoms in total. The molecule has 1 aromatic heterocycles. The number of benzene rings is 1. The fourth-order valence-corrected chi connectivity index (χ4v) is 2.39. The van der Waals surface area contributed by atoms with Gasteiger partial charge in [0, 0.05) is 29.6 Å². The van der Waals surface area contributed by atoms with Crippen molar-refractivity contribution in [1.29, 1.82) is 0 Å². The van der Waals surface area contributed by atoms with E-state index in [1.807, 2.05) is 36.7 Å². The second kappa shape index (κ2) is 6.49. The molecule has 1 unspecified atom stereocenters. The molecule has 2 rings (SSSR count). The maximum absolute atomic E-state index is 14.1. The van der Waals surface area contributed by atoms with E-state index in [4.69, 9.17) is 0 Å². The Labute approximate surface area is 122 Å². The molecule has 1 aromatic carbocycles. The molecule has 0 radical (unpaired) electrons. The number of nitro groups is 1. The van der Waals surface area contributed by atoms with E-state index in [-0.39, 0.29) is 12.6 Å². The van der Waals surface area contributed by atoms with Crippen molar-refractivity contribution in [2.24, 2.45) is 0 Å². The van der Waals surface area contributed by atoms with Crippen molar-refractivity contribution in [3.63, 3.8) is 0 Å². The van der Waals surface area contributed by atoms with Gasteiger partial charge < -0.3 is 9.88 Å². The fraction of sp³-hybridized carbons (Fsp3) is 0.333. The first-order chi connectivity index (χ1) is 10.0. The Bertz CT molecular complexity index is 640. The van der Waals surface area contributed by atoms with Crippen molar-refractivity contribution in [1.82, 2.24) is 9.88 Å². The van der Waals surface area contributed by atoms with Gasteiger partial charge in [-0.2, -0.15) is 4.39 Å². The normalized spacial score (nSPS) is 12.3. The van der Waals surface area contributed by atoms with Gasteiger partial charge in [-0.1, -0.05) is 19.1 Å². The van der Waals surface area contributed by atoms with Crippen molar-refractivity contribution in [2.45, 2.75) is 26.4 Å². The Hall–Kier alpha value is -2.21. The maximum atomic E-state index is 14.1. The number of nitrogens with one attached hydrogen (secondary N) is 1. The highest BCUT2D eigenvalue weighted by Gasteiger charge is 2.18. The summed E-state index contributed by atoms with van der Waals surface area (Å²) in [6.45, 7) is 5.15. The van der Waals surface area contributed by atoms with Gasteiger partial charge in [-0.25, -0.2) is 0 Å². The molecule has 21 heavy (non-hydrogen) atoms. The lowest BCUT2D eigenvalue weighted by molar-refractivity contribution is -0.387. The summed E-state index contributed by atoms with van der Waals surface area (Å²) < 4.78 is 16.0. The van der Waals surface area contributed by atoms with E-state index >= 15 is 0 Å². The van der Waals surface area contributed by atoms with Gasteiger partial charge in [0.05, 0.1) is 11.5 Å². The smallest absolute Gasteiger partial charge is 0.305 e. The summed E-state index contributed by atoms with van der Waals surface area (Å²) in [5, 5.41) is 14.1. The Morgan fingerprint density at radius 2 is 2.14 bits per heavy atom. The summed E-state index contributed by atoms with van der Waals surface area (Å²) in [5.74, 6) is -0.766. The summed E-state index contributed by atoms with van der Waals surface area (Å²) >= 11 is 0. The molecule has 1 heterocycles. The number of hydrogen-bond donors (Lipinski definition) is 1.